The van der Waals surface area contributed by atoms with Gasteiger partial charge in [0, 0.05) is 10.8 Å². The monoisotopic (exact) mass is 573 g/mol. The average Bonchev–Trinajstić information content (AvgIpc) is 2.74. The fourth-order valence-corrected chi connectivity index (χ4v) is 6.43. The van der Waals surface area contributed by atoms with Crippen molar-refractivity contribution in [2.75, 3.05) is 0 Å². The molecule has 0 spiro atoms. The molecule has 0 aliphatic carbocycles. The van der Waals surface area contributed by atoms with E-state index in [4.69, 9.17) is 0 Å². The van der Waals surface area contributed by atoms with Crippen molar-refractivity contribution in [1.82, 2.24) is 0 Å². The van der Waals surface area contributed by atoms with E-state index >= 15 is 0 Å². The molecule has 1 radical (unpaired) electrons. The van der Waals surface area contributed by atoms with Gasteiger partial charge in [-0.3, -0.25) is 18.2 Å². The van der Waals surface area contributed by atoms with Gasteiger partial charge in [0.1, 0.15) is 9.79 Å². The molecule has 0 amide bonds. The average molecular weight is 574 g/mol. The van der Waals surface area contributed by atoms with E-state index in [0.717, 1.165) is 12.1 Å². The zero-order chi connectivity index (χ0) is 26.8. The lowest BCUT2D eigenvalue weighted by molar-refractivity contribution is 0.477. The number of rotatable bonds is 5. The Morgan fingerprint density at radius 3 is 1.61 bits per heavy atom. The Balaban J connectivity index is 2.14. The van der Waals surface area contributed by atoms with Gasteiger partial charge < -0.3 is 0 Å². The first-order valence-electron chi connectivity index (χ1n) is 9.34. The molecule has 0 saturated heterocycles. The Morgan fingerprint density at radius 1 is 0.556 bits per heavy atom. The molecular formula is C20H13O12S4. The summed E-state index contributed by atoms with van der Waals surface area (Å²) < 4.78 is 133. The Bertz CT molecular complexity index is 2030. The normalized spacial score (nSPS) is 13.3. The minimum absolute atomic E-state index is 0.0328. The van der Waals surface area contributed by atoms with Crippen LogP contribution in [0.1, 0.15) is 0 Å². The van der Waals surface area contributed by atoms with Crippen LogP contribution in [0.4, 0.5) is 0 Å². The Kier molecular flexibility index (Phi) is 6.01. The van der Waals surface area contributed by atoms with Crippen molar-refractivity contribution in [3.05, 3.63) is 60.7 Å². The van der Waals surface area contributed by atoms with E-state index in [0.29, 0.717) is 12.1 Å². The van der Waals surface area contributed by atoms with Gasteiger partial charge >= 0.3 is 0 Å². The van der Waals surface area contributed by atoms with Gasteiger partial charge in [0.2, 0.25) is 0 Å². The van der Waals surface area contributed by atoms with Crippen LogP contribution in [0.2, 0.25) is 0 Å². The molecule has 0 aliphatic rings. The highest BCUT2D eigenvalue weighted by atomic mass is 32.2. The summed E-state index contributed by atoms with van der Waals surface area (Å²) in [6.45, 7) is 0. The summed E-state index contributed by atoms with van der Waals surface area (Å²) in [5, 5.41) is -0.509. The van der Waals surface area contributed by atoms with Crippen LogP contribution in [0.25, 0.3) is 32.7 Å². The highest BCUT2D eigenvalue weighted by molar-refractivity contribution is 7.87. The quantitative estimate of drug-likeness (QED) is 0.253. The van der Waals surface area contributed by atoms with Gasteiger partial charge in [0.15, 0.2) is 0 Å². The molecule has 189 valence electrons. The minimum atomic E-state index is -5.06. The van der Waals surface area contributed by atoms with Gasteiger partial charge in [0.25, 0.3) is 40.5 Å². The number of hydrogen-bond donors (Lipinski definition) is 4. The molecule has 0 unspecified atom stereocenters. The maximum Gasteiger partial charge on any atom is 0.295 e. The predicted molar refractivity (Wildman–Crippen MR) is 125 cm³/mol. The SMILES string of the molecule is O=S(=O)(O)c1cc(S(=O)(=O)O)c2ccc(-c3[c]ccc4cc(S(=O)(=O)O)cc(S(=O)(=O)O)c34)cc2c1. The molecule has 16 heteroatoms. The molecule has 0 fully saturated rings. The first kappa shape index (κ1) is 26.1. The zero-order valence-electron chi connectivity index (χ0n) is 17.4. The van der Waals surface area contributed by atoms with Crippen LogP contribution >= 0.6 is 0 Å². The third kappa shape index (κ3) is 4.84. The van der Waals surface area contributed by atoms with Crippen molar-refractivity contribution in [2.45, 2.75) is 19.6 Å². The van der Waals surface area contributed by atoms with Gasteiger partial charge in [-0.1, -0.05) is 24.3 Å². The molecule has 0 bridgehead atoms. The molecule has 0 saturated carbocycles. The zero-order valence-corrected chi connectivity index (χ0v) is 20.6. The molecule has 4 aromatic carbocycles. The first-order chi connectivity index (χ1) is 16.4. The molecule has 0 aromatic heterocycles. The molecule has 4 rings (SSSR count). The molecule has 4 aromatic rings. The minimum Gasteiger partial charge on any atom is -0.282 e. The van der Waals surface area contributed by atoms with Crippen LogP contribution in [-0.4, -0.2) is 51.9 Å². The lowest BCUT2D eigenvalue weighted by atomic mass is 9.96. The van der Waals surface area contributed by atoms with Crippen LogP contribution in [-0.2, 0) is 40.5 Å². The third-order valence-corrected chi connectivity index (χ3v) is 8.61. The molecule has 12 nitrogen and oxygen atoms in total. The summed E-state index contributed by atoms with van der Waals surface area (Å²) in [4.78, 5) is -3.37. The number of benzene rings is 4. The van der Waals surface area contributed by atoms with E-state index in [2.05, 4.69) is 6.07 Å². The van der Waals surface area contributed by atoms with E-state index in [1.165, 1.54) is 30.3 Å². The molecule has 0 heterocycles. The third-order valence-electron chi connectivity index (χ3n) is 5.18. The largest absolute Gasteiger partial charge is 0.295 e. The van der Waals surface area contributed by atoms with Crippen LogP contribution in [0.5, 0.6) is 0 Å². The maximum atomic E-state index is 12.1. The van der Waals surface area contributed by atoms with Crippen molar-refractivity contribution in [1.29, 1.82) is 0 Å². The van der Waals surface area contributed by atoms with Gasteiger partial charge in [-0.15, -0.1) is 0 Å². The summed E-state index contributed by atoms with van der Waals surface area (Å²) in [6, 6.07) is 11.9. The van der Waals surface area contributed by atoms with Crippen LogP contribution in [0, 0.1) is 6.07 Å². The standard InChI is InChI=1S/C20H13O12S4/c21-33(22,23)14-7-12-2-1-3-17(20(12)19(10-14)36(30,31)32)11-4-5-16-13(6-11)8-15(34(24,25)26)9-18(16)35(27,28)29/h1-2,4-10H,(H,21,22,23)(H,24,25,26)(H,27,28,29)(H,30,31,32). The lowest BCUT2D eigenvalue weighted by Gasteiger charge is -2.13. The molecule has 4 N–H and O–H groups in total. The Morgan fingerprint density at radius 2 is 1.08 bits per heavy atom. The highest BCUT2D eigenvalue weighted by Crippen LogP contribution is 2.37. The second-order valence-electron chi connectivity index (χ2n) is 7.50. The van der Waals surface area contributed by atoms with Crippen LogP contribution < -0.4 is 0 Å². The van der Waals surface area contributed by atoms with Gasteiger partial charge in [0.05, 0.1) is 9.79 Å². The van der Waals surface area contributed by atoms with E-state index in [1.807, 2.05) is 0 Å². The highest BCUT2D eigenvalue weighted by Gasteiger charge is 2.24. The van der Waals surface area contributed by atoms with E-state index in [1.54, 1.807) is 0 Å². The molecule has 36 heavy (non-hydrogen) atoms. The van der Waals surface area contributed by atoms with E-state index in [-0.39, 0.29) is 32.7 Å². The Hall–Kier alpha value is -2.96. The van der Waals surface area contributed by atoms with E-state index in [9.17, 15) is 51.9 Å². The summed E-state index contributed by atoms with van der Waals surface area (Å²) in [5.74, 6) is 0. The fraction of sp³-hybridized carbons (Fsp3) is 0. The summed E-state index contributed by atoms with van der Waals surface area (Å²) in [7, 11) is -19.8. The second-order valence-corrected chi connectivity index (χ2v) is 13.1. The fourth-order valence-electron chi connectivity index (χ4n) is 3.70. The molecule has 0 atom stereocenters. The van der Waals surface area contributed by atoms with Gasteiger partial charge in [-0.05, 0) is 58.3 Å². The second kappa shape index (κ2) is 8.29. The van der Waals surface area contributed by atoms with Crippen molar-refractivity contribution < 1.29 is 51.9 Å². The lowest BCUT2D eigenvalue weighted by Crippen LogP contribution is -2.05. The summed E-state index contributed by atoms with van der Waals surface area (Å²) >= 11 is 0. The van der Waals surface area contributed by atoms with E-state index < -0.39 is 60.1 Å². The summed E-state index contributed by atoms with van der Waals surface area (Å²) in [6.07, 6.45) is 0. The first-order valence-corrected chi connectivity index (χ1v) is 15.1. The van der Waals surface area contributed by atoms with Gasteiger partial charge in [-0.25, -0.2) is 0 Å². The van der Waals surface area contributed by atoms with Crippen molar-refractivity contribution >= 4 is 62.0 Å². The molecule has 0 aliphatic heterocycles. The molecular weight excluding hydrogens is 560 g/mol. The number of fused-ring (bicyclic) bond motifs is 2. The topological polar surface area (TPSA) is 217 Å². The predicted octanol–water partition coefficient (Wildman–Crippen LogP) is 2.45. The van der Waals surface area contributed by atoms with Gasteiger partial charge in [-0.2, -0.15) is 33.7 Å². The van der Waals surface area contributed by atoms with Crippen LogP contribution in [0.15, 0.2) is 74.2 Å². The smallest absolute Gasteiger partial charge is 0.282 e. The Labute approximate surface area is 204 Å². The van der Waals surface area contributed by atoms with Crippen molar-refractivity contribution in [2.24, 2.45) is 0 Å². The van der Waals surface area contributed by atoms with Crippen molar-refractivity contribution in [3.63, 3.8) is 0 Å². The maximum absolute atomic E-state index is 12.1. The number of hydrogen-bond acceptors (Lipinski definition) is 8. The summed E-state index contributed by atoms with van der Waals surface area (Å²) in [5.41, 5.74) is 0.0703. The van der Waals surface area contributed by atoms with Crippen LogP contribution in [0.3, 0.4) is 0 Å². The van der Waals surface area contributed by atoms with Crippen molar-refractivity contribution in [3.8, 4) is 11.1 Å².